The average Bonchev–Trinajstić information content (AvgIpc) is 3.54. The molecule has 0 spiro atoms. The second-order valence-electron chi connectivity index (χ2n) is 6.98. The molecule has 10 heteroatoms. The summed E-state index contributed by atoms with van der Waals surface area (Å²) in [6.45, 7) is 0.334. The zero-order chi connectivity index (χ0) is 22.5. The van der Waals surface area contributed by atoms with Crippen molar-refractivity contribution in [1.29, 1.82) is 0 Å². The zero-order valence-corrected chi connectivity index (χ0v) is 17.9. The minimum absolute atomic E-state index is 0.236. The third-order valence-electron chi connectivity index (χ3n) is 4.77. The van der Waals surface area contributed by atoms with E-state index in [-0.39, 0.29) is 5.82 Å². The average molecular weight is 458 g/mol. The van der Waals surface area contributed by atoms with E-state index in [2.05, 4.69) is 31.0 Å². The van der Waals surface area contributed by atoms with Gasteiger partial charge in [-0.2, -0.15) is 0 Å². The van der Waals surface area contributed by atoms with Crippen molar-refractivity contribution in [2.75, 3.05) is 5.01 Å². The summed E-state index contributed by atoms with van der Waals surface area (Å²) >= 11 is 6.04. The van der Waals surface area contributed by atoms with E-state index in [0.717, 1.165) is 16.7 Å². The second kappa shape index (κ2) is 9.41. The van der Waals surface area contributed by atoms with Crippen LogP contribution in [0.5, 0.6) is 0 Å². The topological polar surface area (TPSA) is 106 Å². The molecule has 0 unspecified atom stereocenters. The van der Waals surface area contributed by atoms with E-state index < -0.39 is 0 Å². The van der Waals surface area contributed by atoms with Crippen molar-refractivity contribution in [3.05, 3.63) is 95.5 Å². The predicted molar refractivity (Wildman–Crippen MR) is 122 cm³/mol. The molecule has 0 saturated carbocycles. The van der Waals surface area contributed by atoms with Crippen LogP contribution in [0, 0.1) is 0 Å². The van der Waals surface area contributed by atoms with Crippen molar-refractivity contribution in [2.24, 2.45) is 10.3 Å². The molecule has 0 radical (unpaired) electrons. The SMILES string of the molecule is Clc1ccc(CN(N=Nc2nonc2-c2ccccc2)c2nonc2-c2ccccc2)cc1. The highest BCUT2D eigenvalue weighted by Gasteiger charge is 2.21. The number of aromatic nitrogens is 4. The molecule has 9 nitrogen and oxygen atoms in total. The Balaban J connectivity index is 1.52. The first-order valence-corrected chi connectivity index (χ1v) is 10.4. The Kier molecular flexibility index (Phi) is 5.85. The third-order valence-corrected chi connectivity index (χ3v) is 5.03. The summed E-state index contributed by atoms with van der Waals surface area (Å²) in [5.74, 6) is 0.637. The van der Waals surface area contributed by atoms with Crippen LogP contribution in [0.1, 0.15) is 5.56 Å². The molecule has 0 N–H and O–H groups in total. The highest BCUT2D eigenvalue weighted by Crippen LogP contribution is 2.31. The van der Waals surface area contributed by atoms with Gasteiger partial charge >= 0.3 is 0 Å². The Labute approximate surface area is 193 Å². The van der Waals surface area contributed by atoms with E-state index in [1.54, 1.807) is 17.1 Å². The molecule has 0 bridgehead atoms. The summed E-state index contributed by atoms with van der Waals surface area (Å²) < 4.78 is 9.97. The Hall–Kier alpha value is -4.37. The van der Waals surface area contributed by atoms with Crippen LogP contribution in [0.4, 0.5) is 11.6 Å². The second-order valence-corrected chi connectivity index (χ2v) is 7.41. The lowest BCUT2D eigenvalue weighted by molar-refractivity contribution is 0.308. The summed E-state index contributed by atoms with van der Waals surface area (Å²) in [5.41, 5.74) is 3.59. The summed E-state index contributed by atoms with van der Waals surface area (Å²) in [5, 5.41) is 26.9. The van der Waals surface area contributed by atoms with Crippen LogP contribution in [0.15, 0.2) is 105 Å². The fraction of sp³-hybridized carbons (Fsp3) is 0.0435. The van der Waals surface area contributed by atoms with Crippen LogP contribution < -0.4 is 5.01 Å². The van der Waals surface area contributed by atoms with Gasteiger partial charge in [-0.25, -0.2) is 14.3 Å². The molecule has 0 aliphatic rings. The first-order chi connectivity index (χ1) is 16.3. The lowest BCUT2D eigenvalue weighted by Gasteiger charge is -2.15. The lowest BCUT2D eigenvalue weighted by Crippen LogP contribution is -2.16. The van der Waals surface area contributed by atoms with Crippen molar-refractivity contribution in [1.82, 2.24) is 20.6 Å². The molecular formula is C23H16ClN7O2. The molecule has 0 aliphatic carbocycles. The Morgan fingerprint density at radius 3 is 2.00 bits per heavy atom. The summed E-state index contributed by atoms with van der Waals surface area (Å²) in [7, 11) is 0. The monoisotopic (exact) mass is 457 g/mol. The molecule has 5 rings (SSSR count). The summed E-state index contributed by atoms with van der Waals surface area (Å²) in [6, 6.07) is 26.4. The quantitative estimate of drug-likeness (QED) is 0.213. The number of nitrogens with zero attached hydrogens (tertiary/aromatic N) is 7. The molecular weight excluding hydrogens is 442 g/mol. The van der Waals surface area contributed by atoms with E-state index in [1.807, 2.05) is 72.8 Å². The predicted octanol–water partition coefficient (Wildman–Crippen LogP) is 6.15. The van der Waals surface area contributed by atoms with Crippen LogP contribution in [0.25, 0.3) is 22.5 Å². The molecule has 2 aromatic heterocycles. The van der Waals surface area contributed by atoms with Gasteiger partial charge in [0, 0.05) is 16.1 Å². The molecule has 5 aromatic rings. The number of anilines is 1. The van der Waals surface area contributed by atoms with Gasteiger partial charge < -0.3 is 0 Å². The highest BCUT2D eigenvalue weighted by molar-refractivity contribution is 6.30. The minimum Gasteiger partial charge on any atom is -0.242 e. The van der Waals surface area contributed by atoms with Gasteiger partial charge in [-0.15, -0.1) is 5.11 Å². The van der Waals surface area contributed by atoms with Crippen LogP contribution in [-0.2, 0) is 6.54 Å². The van der Waals surface area contributed by atoms with Crippen molar-refractivity contribution >= 4 is 23.2 Å². The van der Waals surface area contributed by atoms with Crippen LogP contribution in [0.2, 0.25) is 5.02 Å². The number of hydrogen-bond acceptors (Lipinski definition) is 8. The van der Waals surface area contributed by atoms with Gasteiger partial charge in [0.1, 0.15) is 0 Å². The molecule has 0 atom stereocenters. The molecule has 0 fully saturated rings. The molecule has 33 heavy (non-hydrogen) atoms. The van der Waals surface area contributed by atoms with Crippen molar-refractivity contribution < 1.29 is 9.26 Å². The first kappa shape index (κ1) is 20.5. The maximum Gasteiger partial charge on any atom is 0.247 e. The van der Waals surface area contributed by atoms with Crippen LogP contribution >= 0.6 is 11.6 Å². The standard InChI is InChI=1S/C23H16ClN7O2/c24-19-13-11-16(12-14-19)15-31(23-21(27-33-29-23)18-9-5-2-6-10-18)30-25-22-20(26-32-28-22)17-7-3-1-4-8-17/h1-14H,15H2. The first-order valence-electron chi connectivity index (χ1n) is 9.97. The van der Waals surface area contributed by atoms with E-state index in [1.165, 1.54) is 0 Å². The van der Waals surface area contributed by atoms with Crippen molar-refractivity contribution in [3.63, 3.8) is 0 Å². The molecule has 2 heterocycles. The van der Waals surface area contributed by atoms with Gasteiger partial charge in [0.05, 0.1) is 6.54 Å². The van der Waals surface area contributed by atoms with E-state index >= 15 is 0 Å². The zero-order valence-electron chi connectivity index (χ0n) is 17.1. The van der Waals surface area contributed by atoms with Crippen LogP contribution in [-0.4, -0.2) is 20.6 Å². The van der Waals surface area contributed by atoms with Gasteiger partial charge in [-0.3, -0.25) is 0 Å². The maximum atomic E-state index is 6.04. The minimum atomic E-state index is 0.236. The molecule has 0 aliphatic heterocycles. The normalized spacial score (nSPS) is 11.2. The van der Waals surface area contributed by atoms with Crippen molar-refractivity contribution in [2.45, 2.75) is 6.54 Å². The fourth-order valence-electron chi connectivity index (χ4n) is 3.17. The molecule has 162 valence electrons. The largest absolute Gasteiger partial charge is 0.247 e. The number of rotatable bonds is 7. The van der Waals surface area contributed by atoms with Gasteiger partial charge in [0.15, 0.2) is 11.4 Å². The number of benzene rings is 3. The van der Waals surface area contributed by atoms with Crippen LogP contribution in [0.3, 0.4) is 0 Å². The fourth-order valence-corrected chi connectivity index (χ4v) is 3.29. The van der Waals surface area contributed by atoms with E-state index in [0.29, 0.717) is 28.8 Å². The summed E-state index contributed by atoms with van der Waals surface area (Å²) in [4.78, 5) is 0. The lowest BCUT2D eigenvalue weighted by atomic mass is 10.1. The molecule has 0 saturated heterocycles. The Morgan fingerprint density at radius 1 is 0.697 bits per heavy atom. The molecule has 3 aromatic carbocycles. The number of hydrogen-bond donors (Lipinski definition) is 0. The van der Waals surface area contributed by atoms with Gasteiger partial charge in [-0.1, -0.05) is 89.6 Å². The van der Waals surface area contributed by atoms with Gasteiger partial charge in [0.2, 0.25) is 11.6 Å². The Morgan fingerprint density at radius 2 is 1.30 bits per heavy atom. The highest BCUT2D eigenvalue weighted by atomic mass is 35.5. The van der Waals surface area contributed by atoms with Gasteiger partial charge in [0.25, 0.3) is 0 Å². The maximum absolute atomic E-state index is 6.04. The third kappa shape index (κ3) is 4.63. The van der Waals surface area contributed by atoms with E-state index in [4.69, 9.17) is 20.9 Å². The van der Waals surface area contributed by atoms with Crippen molar-refractivity contribution in [3.8, 4) is 22.5 Å². The number of halogens is 1. The smallest absolute Gasteiger partial charge is 0.242 e. The molecule has 0 amide bonds. The van der Waals surface area contributed by atoms with Gasteiger partial charge in [-0.05, 0) is 38.3 Å². The Bertz CT molecular complexity index is 1350. The van der Waals surface area contributed by atoms with E-state index in [9.17, 15) is 0 Å². The summed E-state index contributed by atoms with van der Waals surface area (Å²) in [6.07, 6.45) is 0.